The Labute approximate surface area is 214 Å². The summed E-state index contributed by atoms with van der Waals surface area (Å²) in [7, 11) is 0. The molecule has 5 saturated carbocycles. The van der Waals surface area contributed by atoms with Crippen molar-refractivity contribution < 1.29 is 14.6 Å². The van der Waals surface area contributed by atoms with Gasteiger partial charge in [-0.3, -0.25) is 4.79 Å². The highest BCUT2D eigenvalue weighted by molar-refractivity contribution is 5.78. The second-order valence-corrected chi connectivity index (χ2v) is 14.4. The van der Waals surface area contributed by atoms with Crippen molar-refractivity contribution in [2.24, 2.45) is 57.2 Å². The SMILES string of the molecule is C=CCOC(=O)C12CCC(C(=C)C)C1C1CCC3C4CCC(O)C(C)(C)C4CCC3(C)C1(C)CC2. The summed E-state index contributed by atoms with van der Waals surface area (Å²) in [6.45, 7) is 20.6. The van der Waals surface area contributed by atoms with Gasteiger partial charge in [-0.1, -0.05) is 52.5 Å². The molecule has 0 amide bonds. The van der Waals surface area contributed by atoms with E-state index in [1.165, 1.54) is 37.7 Å². The predicted molar refractivity (Wildman–Crippen MR) is 142 cm³/mol. The lowest BCUT2D eigenvalue weighted by atomic mass is 9.35. The van der Waals surface area contributed by atoms with Gasteiger partial charge in [0, 0.05) is 0 Å². The molecule has 5 aliphatic carbocycles. The highest BCUT2D eigenvalue weighted by atomic mass is 16.5. The normalized spacial score (nSPS) is 50.2. The van der Waals surface area contributed by atoms with Crippen LogP contribution in [-0.4, -0.2) is 23.8 Å². The zero-order valence-electron chi connectivity index (χ0n) is 23.1. The molecule has 0 heterocycles. The van der Waals surface area contributed by atoms with Gasteiger partial charge in [0.1, 0.15) is 6.61 Å². The molecule has 5 aliphatic rings. The zero-order chi connectivity index (χ0) is 25.4. The third-order valence-corrected chi connectivity index (χ3v) is 13.2. The Kier molecular flexibility index (Phi) is 6.18. The summed E-state index contributed by atoms with van der Waals surface area (Å²) in [5, 5.41) is 10.8. The Balaban J connectivity index is 1.51. The number of fused-ring (bicyclic) bond motifs is 7. The van der Waals surface area contributed by atoms with Gasteiger partial charge < -0.3 is 9.84 Å². The van der Waals surface area contributed by atoms with Crippen LogP contribution in [0.5, 0.6) is 0 Å². The predicted octanol–water partition coefficient (Wildman–Crippen LogP) is 7.34. The van der Waals surface area contributed by atoms with Gasteiger partial charge in [0.15, 0.2) is 0 Å². The monoisotopic (exact) mass is 482 g/mol. The van der Waals surface area contributed by atoms with E-state index >= 15 is 0 Å². The highest BCUT2D eigenvalue weighted by Gasteiger charge is 2.70. The van der Waals surface area contributed by atoms with Gasteiger partial charge in [-0.05, 0) is 123 Å². The van der Waals surface area contributed by atoms with E-state index in [9.17, 15) is 9.90 Å². The Hall–Kier alpha value is -1.09. The summed E-state index contributed by atoms with van der Waals surface area (Å²) in [5.74, 6) is 3.47. The van der Waals surface area contributed by atoms with E-state index in [4.69, 9.17) is 4.74 Å². The van der Waals surface area contributed by atoms with Crippen molar-refractivity contribution in [3.05, 3.63) is 24.8 Å². The van der Waals surface area contributed by atoms with Crippen molar-refractivity contribution in [1.29, 1.82) is 0 Å². The van der Waals surface area contributed by atoms with Gasteiger partial charge in [0.2, 0.25) is 0 Å². The average molecular weight is 483 g/mol. The first-order valence-electron chi connectivity index (χ1n) is 14.6. The number of esters is 1. The number of carbonyl (C=O) groups is 1. The van der Waals surface area contributed by atoms with E-state index < -0.39 is 0 Å². The average Bonchev–Trinajstić information content (AvgIpc) is 3.21. The molecule has 196 valence electrons. The molecule has 10 atom stereocenters. The third-order valence-electron chi connectivity index (χ3n) is 13.2. The molecule has 0 aromatic heterocycles. The molecule has 5 fully saturated rings. The number of aliphatic hydroxyl groups excluding tert-OH is 1. The van der Waals surface area contributed by atoms with Crippen LogP contribution in [0.15, 0.2) is 24.8 Å². The van der Waals surface area contributed by atoms with Crippen molar-refractivity contribution in [3.8, 4) is 0 Å². The molecule has 10 unspecified atom stereocenters. The van der Waals surface area contributed by atoms with Gasteiger partial charge in [-0.25, -0.2) is 0 Å². The first-order chi connectivity index (χ1) is 16.4. The van der Waals surface area contributed by atoms with E-state index in [0.717, 1.165) is 43.9 Å². The maximum absolute atomic E-state index is 13.6. The van der Waals surface area contributed by atoms with Gasteiger partial charge in [-0.2, -0.15) is 0 Å². The first kappa shape index (κ1) is 25.6. The summed E-state index contributed by atoms with van der Waals surface area (Å²) in [5.41, 5.74) is 1.49. The van der Waals surface area contributed by atoms with Crippen molar-refractivity contribution >= 4 is 5.97 Å². The molecule has 0 bridgehead atoms. The first-order valence-corrected chi connectivity index (χ1v) is 14.6. The zero-order valence-corrected chi connectivity index (χ0v) is 23.1. The maximum Gasteiger partial charge on any atom is 0.312 e. The van der Waals surface area contributed by atoms with Gasteiger partial charge in [0.25, 0.3) is 0 Å². The van der Waals surface area contributed by atoms with Crippen LogP contribution in [0.1, 0.15) is 98.8 Å². The molecule has 0 aromatic carbocycles. The topological polar surface area (TPSA) is 46.5 Å². The summed E-state index contributed by atoms with van der Waals surface area (Å²) < 4.78 is 5.80. The Morgan fingerprint density at radius 1 is 0.914 bits per heavy atom. The smallest absolute Gasteiger partial charge is 0.312 e. The molecular formula is C32H50O3. The van der Waals surface area contributed by atoms with E-state index in [0.29, 0.717) is 35.7 Å². The van der Waals surface area contributed by atoms with E-state index in [-0.39, 0.29) is 28.3 Å². The van der Waals surface area contributed by atoms with Crippen LogP contribution in [0, 0.1) is 57.2 Å². The third kappa shape index (κ3) is 3.35. The fraction of sp³-hybridized carbons (Fsp3) is 0.844. The van der Waals surface area contributed by atoms with E-state index in [1.807, 2.05) is 0 Å². The second kappa shape index (κ2) is 8.47. The Morgan fingerprint density at radius 2 is 1.60 bits per heavy atom. The van der Waals surface area contributed by atoms with Crippen LogP contribution in [0.4, 0.5) is 0 Å². The van der Waals surface area contributed by atoms with Crippen LogP contribution in [0.3, 0.4) is 0 Å². The number of carbonyl (C=O) groups excluding carboxylic acids is 1. The highest BCUT2D eigenvalue weighted by Crippen LogP contribution is 2.75. The number of allylic oxidation sites excluding steroid dienone is 1. The molecule has 0 aromatic rings. The number of aliphatic hydroxyl groups is 1. The minimum absolute atomic E-state index is 0.0229. The molecule has 3 nitrogen and oxygen atoms in total. The van der Waals surface area contributed by atoms with Gasteiger partial charge >= 0.3 is 5.97 Å². The Morgan fingerprint density at radius 3 is 2.29 bits per heavy atom. The van der Waals surface area contributed by atoms with Crippen LogP contribution in [-0.2, 0) is 9.53 Å². The van der Waals surface area contributed by atoms with Crippen molar-refractivity contribution in [3.63, 3.8) is 0 Å². The molecule has 3 heteroatoms. The summed E-state index contributed by atoms with van der Waals surface area (Å²) >= 11 is 0. The quantitative estimate of drug-likeness (QED) is 0.337. The fourth-order valence-corrected chi connectivity index (χ4v) is 11.0. The van der Waals surface area contributed by atoms with Crippen LogP contribution in [0.2, 0.25) is 0 Å². The van der Waals surface area contributed by atoms with Crippen molar-refractivity contribution in [2.45, 2.75) is 105 Å². The minimum atomic E-state index is -0.339. The van der Waals surface area contributed by atoms with Crippen molar-refractivity contribution in [1.82, 2.24) is 0 Å². The van der Waals surface area contributed by atoms with Crippen LogP contribution < -0.4 is 0 Å². The molecular weight excluding hydrogens is 432 g/mol. The van der Waals surface area contributed by atoms with E-state index in [1.54, 1.807) is 6.08 Å². The molecule has 35 heavy (non-hydrogen) atoms. The summed E-state index contributed by atoms with van der Waals surface area (Å²) in [6.07, 6.45) is 12.8. The molecule has 0 aliphatic heterocycles. The lowest BCUT2D eigenvalue weighted by molar-refractivity contribution is -0.222. The van der Waals surface area contributed by atoms with Gasteiger partial charge in [-0.15, -0.1) is 0 Å². The molecule has 5 rings (SSSR count). The number of hydrogen-bond acceptors (Lipinski definition) is 3. The van der Waals surface area contributed by atoms with E-state index in [2.05, 4.69) is 47.8 Å². The number of hydrogen-bond donors (Lipinski definition) is 1. The number of ether oxygens (including phenoxy) is 1. The lowest BCUT2D eigenvalue weighted by Crippen LogP contribution is -2.64. The van der Waals surface area contributed by atoms with Gasteiger partial charge in [0.05, 0.1) is 11.5 Å². The molecule has 0 saturated heterocycles. The lowest BCUT2D eigenvalue weighted by Gasteiger charge is -2.70. The second-order valence-electron chi connectivity index (χ2n) is 14.4. The molecule has 1 N–H and O–H groups in total. The number of rotatable bonds is 4. The largest absolute Gasteiger partial charge is 0.461 e. The van der Waals surface area contributed by atoms with Crippen molar-refractivity contribution in [2.75, 3.05) is 6.61 Å². The maximum atomic E-state index is 13.6. The fourth-order valence-electron chi connectivity index (χ4n) is 11.0. The minimum Gasteiger partial charge on any atom is -0.461 e. The Bertz CT molecular complexity index is 889. The molecule has 0 radical (unpaired) electrons. The summed E-state index contributed by atoms with van der Waals surface area (Å²) in [4.78, 5) is 13.6. The summed E-state index contributed by atoms with van der Waals surface area (Å²) in [6, 6.07) is 0. The standard InChI is InChI=1S/C32H50O3/c1-8-19-35-28(34)32-16-13-21(20(2)3)27(32)25-11-10-24-22-9-12-26(33)29(4,5)23(22)14-15-30(24,6)31(25,7)17-18-32/h8,21-27,33H,1-2,9-19H2,3-7H3. The molecule has 0 spiro atoms. The van der Waals surface area contributed by atoms with Crippen LogP contribution in [0.25, 0.3) is 0 Å². The van der Waals surface area contributed by atoms with Crippen LogP contribution >= 0.6 is 0 Å².